The van der Waals surface area contributed by atoms with E-state index < -0.39 is 43.0 Å². The molecule has 9 nitrogen and oxygen atoms in total. The quantitative estimate of drug-likeness (QED) is 0.193. The first-order chi connectivity index (χ1) is 18.1. The minimum Gasteiger partial charge on any atom is -0.504 e. The molecular formula is C27H33BINO8. The number of amides is 3. The maximum Gasteiger partial charge on any atom is 0.455 e. The van der Waals surface area contributed by atoms with Gasteiger partial charge in [0.2, 0.25) is 11.8 Å². The molecule has 2 fully saturated rings. The van der Waals surface area contributed by atoms with E-state index in [1.807, 2.05) is 13.0 Å². The van der Waals surface area contributed by atoms with Crippen molar-refractivity contribution >= 4 is 53.7 Å². The molecule has 0 aromatic heterocycles. The van der Waals surface area contributed by atoms with Crippen molar-refractivity contribution in [3.63, 3.8) is 0 Å². The molecule has 0 saturated carbocycles. The van der Waals surface area contributed by atoms with Gasteiger partial charge in [0, 0.05) is 0 Å². The maximum absolute atomic E-state index is 13.2. The van der Waals surface area contributed by atoms with E-state index in [4.69, 9.17) is 9.39 Å². The predicted octanol–water partition coefficient (Wildman–Crippen LogP) is 4.55. The van der Waals surface area contributed by atoms with Gasteiger partial charge in [-0.05, 0) is 90.7 Å². The second kappa shape index (κ2) is 11.8. The number of methoxy groups -OCH3 is 2. The molecule has 4 rings (SSSR count). The Balaban J connectivity index is 1.59. The lowest BCUT2D eigenvalue weighted by Crippen LogP contribution is -2.46. The van der Waals surface area contributed by atoms with Crippen LogP contribution in [0.3, 0.4) is 0 Å². The smallest absolute Gasteiger partial charge is 0.455 e. The van der Waals surface area contributed by atoms with Crippen LogP contribution in [0.2, 0.25) is 6.32 Å². The number of fused-ring (bicyclic) bond motifs is 3. The van der Waals surface area contributed by atoms with Gasteiger partial charge in [0.05, 0.1) is 35.7 Å². The minimum atomic E-state index is -1.07. The molecule has 2 saturated heterocycles. The third kappa shape index (κ3) is 5.37. The van der Waals surface area contributed by atoms with Crippen LogP contribution in [-0.4, -0.2) is 60.4 Å². The number of phenolic OH excluding ortho intramolecular Hbond substituents is 1. The molecule has 3 amide bonds. The van der Waals surface area contributed by atoms with Crippen molar-refractivity contribution in [1.29, 1.82) is 0 Å². The number of halogens is 1. The highest BCUT2D eigenvalue weighted by atomic mass is 127. The van der Waals surface area contributed by atoms with Crippen LogP contribution in [0.15, 0.2) is 28.9 Å². The van der Waals surface area contributed by atoms with Gasteiger partial charge in [-0.2, -0.15) is 4.90 Å². The molecule has 1 aromatic rings. The second-order valence-corrected chi connectivity index (χ2v) is 11.3. The van der Waals surface area contributed by atoms with Crippen LogP contribution < -0.4 is 4.74 Å². The summed E-state index contributed by atoms with van der Waals surface area (Å²) in [6, 6.07) is 3.70. The Morgan fingerprint density at radius 1 is 1.24 bits per heavy atom. The van der Waals surface area contributed by atoms with E-state index >= 15 is 0 Å². The van der Waals surface area contributed by atoms with Crippen molar-refractivity contribution < 1.29 is 38.6 Å². The molecule has 0 radical (unpaired) electrons. The summed E-state index contributed by atoms with van der Waals surface area (Å²) in [5.41, 5.74) is 4.04. The molecule has 38 heavy (non-hydrogen) atoms. The number of hydrogen-bond acceptors (Lipinski definition) is 8. The highest BCUT2D eigenvalue weighted by Gasteiger charge is 2.58. The molecule has 3 aliphatic rings. The summed E-state index contributed by atoms with van der Waals surface area (Å²) in [5, 5.41) is 20.8. The van der Waals surface area contributed by atoms with Crippen LogP contribution in [0.1, 0.15) is 51.5 Å². The fourth-order valence-corrected chi connectivity index (χ4v) is 6.79. The summed E-state index contributed by atoms with van der Waals surface area (Å²) < 4.78 is 16.7. The van der Waals surface area contributed by atoms with Gasteiger partial charge in [0.25, 0.3) is 0 Å². The minimum absolute atomic E-state index is 0.113. The first-order valence-corrected chi connectivity index (χ1v) is 13.9. The number of phenols is 1. The highest BCUT2D eigenvalue weighted by molar-refractivity contribution is 14.1. The number of carbonyl (C=O) groups excluding carboxylic acids is 3. The van der Waals surface area contributed by atoms with Crippen molar-refractivity contribution in [2.45, 2.75) is 58.4 Å². The number of rotatable bonds is 7. The van der Waals surface area contributed by atoms with Gasteiger partial charge < -0.3 is 24.3 Å². The number of likely N-dealkylation sites (tertiary alicyclic amines) is 1. The van der Waals surface area contributed by atoms with E-state index in [2.05, 4.69) is 40.3 Å². The standard InChI is InChI=1S/C27H33BINO8/c1-5-6-15(10-16-11-19(29)24(31)21(12-16)36-3)7-8-20-22-14(2)9-17-23(18(22)13-28(35)38-20)26(33)30(25(17)32)27(34)37-4/h10-12,17-18,20,23,31,35H,5-9,13H2,1-4H3/b15-10+/t17-,18+,20-,23-/m1/s1. The maximum atomic E-state index is 13.2. The molecule has 2 aliphatic heterocycles. The third-order valence-electron chi connectivity index (χ3n) is 7.75. The molecule has 0 unspecified atom stereocenters. The molecule has 2 heterocycles. The van der Waals surface area contributed by atoms with Gasteiger partial charge >= 0.3 is 13.2 Å². The van der Waals surface area contributed by atoms with E-state index in [0.29, 0.717) is 33.5 Å². The average Bonchev–Trinajstić information content (AvgIpc) is 3.13. The third-order valence-corrected chi connectivity index (χ3v) is 8.57. The van der Waals surface area contributed by atoms with Gasteiger partial charge in [-0.15, -0.1) is 0 Å². The average molecular weight is 637 g/mol. The van der Waals surface area contributed by atoms with Crippen molar-refractivity contribution in [2.24, 2.45) is 17.8 Å². The number of imide groups is 3. The summed E-state index contributed by atoms with van der Waals surface area (Å²) in [6.07, 6.45) is 4.39. The van der Waals surface area contributed by atoms with E-state index in [1.165, 1.54) is 12.7 Å². The van der Waals surface area contributed by atoms with Gasteiger partial charge in [-0.1, -0.05) is 30.6 Å². The second-order valence-electron chi connectivity index (χ2n) is 10.1. The molecule has 2 N–H and O–H groups in total. The van der Waals surface area contributed by atoms with Gasteiger partial charge in [0.15, 0.2) is 11.5 Å². The summed E-state index contributed by atoms with van der Waals surface area (Å²) in [5.74, 6) is -2.29. The van der Waals surface area contributed by atoms with E-state index in [-0.39, 0.29) is 18.0 Å². The van der Waals surface area contributed by atoms with Crippen molar-refractivity contribution in [1.82, 2.24) is 4.90 Å². The van der Waals surface area contributed by atoms with Crippen LogP contribution in [0.4, 0.5) is 4.79 Å². The molecular weight excluding hydrogens is 604 g/mol. The lowest BCUT2D eigenvalue weighted by Gasteiger charge is -2.42. The summed E-state index contributed by atoms with van der Waals surface area (Å²) in [6.45, 7) is 4.05. The first kappa shape index (κ1) is 28.6. The summed E-state index contributed by atoms with van der Waals surface area (Å²) >= 11 is 2.07. The highest BCUT2D eigenvalue weighted by Crippen LogP contribution is 2.50. The Morgan fingerprint density at radius 2 is 1.97 bits per heavy atom. The topological polar surface area (TPSA) is 123 Å². The number of hydrogen-bond donors (Lipinski definition) is 2. The van der Waals surface area contributed by atoms with E-state index in [1.54, 1.807) is 6.07 Å². The number of ether oxygens (including phenoxy) is 2. The number of nitrogens with zero attached hydrogens (tertiary/aromatic N) is 1. The Bertz CT molecular complexity index is 1200. The molecule has 4 atom stereocenters. The van der Waals surface area contributed by atoms with Crippen LogP contribution in [0, 0.1) is 21.3 Å². The molecule has 1 aliphatic carbocycles. The van der Waals surface area contributed by atoms with Crippen molar-refractivity contribution in [3.8, 4) is 11.5 Å². The summed E-state index contributed by atoms with van der Waals surface area (Å²) in [4.78, 5) is 38.9. The predicted molar refractivity (Wildman–Crippen MR) is 149 cm³/mol. The molecule has 1 aromatic carbocycles. The van der Waals surface area contributed by atoms with Crippen LogP contribution in [0.25, 0.3) is 6.08 Å². The zero-order valence-electron chi connectivity index (χ0n) is 22.0. The molecule has 0 bridgehead atoms. The van der Waals surface area contributed by atoms with Crippen LogP contribution >= 0.6 is 22.6 Å². The zero-order chi connectivity index (χ0) is 27.7. The Hall–Kier alpha value is -2.38. The van der Waals surface area contributed by atoms with E-state index in [0.717, 1.165) is 36.7 Å². The van der Waals surface area contributed by atoms with Crippen LogP contribution in [-0.2, 0) is 19.0 Å². The monoisotopic (exact) mass is 637 g/mol. The molecule has 0 spiro atoms. The zero-order valence-corrected chi connectivity index (χ0v) is 24.2. The fourth-order valence-electron chi connectivity index (χ4n) is 6.17. The Kier molecular flexibility index (Phi) is 8.88. The number of allylic oxidation sites excluding steroid dienone is 2. The fraction of sp³-hybridized carbons (Fsp3) is 0.519. The molecule has 204 valence electrons. The van der Waals surface area contributed by atoms with Gasteiger partial charge in [0.1, 0.15) is 0 Å². The number of carbonyl (C=O) groups is 3. The lowest BCUT2D eigenvalue weighted by molar-refractivity contribution is -0.137. The molecule has 11 heteroatoms. The largest absolute Gasteiger partial charge is 0.504 e. The first-order valence-electron chi connectivity index (χ1n) is 12.9. The lowest BCUT2D eigenvalue weighted by atomic mass is 9.58. The Labute approximate surface area is 236 Å². The van der Waals surface area contributed by atoms with Crippen molar-refractivity contribution in [3.05, 3.63) is 38.0 Å². The van der Waals surface area contributed by atoms with E-state index in [9.17, 15) is 24.5 Å². The number of aromatic hydroxyl groups is 1. The Morgan fingerprint density at radius 3 is 2.63 bits per heavy atom. The van der Waals surface area contributed by atoms with Gasteiger partial charge in [-0.25, -0.2) is 4.79 Å². The van der Waals surface area contributed by atoms with Crippen molar-refractivity contribution in [2.75, 3.05) is 14.2 Å². The summed E-state index contributed by atoms with van der Waals surface area (Å²) in [7, 11) is 1.59. The SMILES string of the molecule is CCC/C(=C\c1cc(I)c(O)c(OC)c1)CC[C@H]1OB(O)C[C@H]2C1=C(C)C[C@H]1C(=O)N(C(=O)OC)C(=O)[C@H]12. The van der Waals surface area contributed by atoms with Gasteiger partial charge in [-0.3, -0.25) is 9.59 Å². The number of benzene rings is 1. The normalized spacial score (nSPS) is 25.5. The van der Waals surface area contributed by atoms with Crippen LogP contribution in [0.5, 0.6) is 11.5 Å².